The van der Waals surface area contributed by atoms with Crippen molar-refractivity contribution < 1.29 is 0 Å². The minimum Gasteiger partial charge on any atom is -0.383 e. The molecule has 4 rings (SSSR count). The average Bonchev–Trinajstić information content (AvgIpc) is 3.19. The van der Waals surface area contributed by atoms with Crippen LogP contribution in [0.5, 0.6) is 0 Å². The number of nitrogen functional groups attached to an aromatic ring is 1. The molecule has 0 spiro atoms. The van der Waals surface area contributed by atoms with Gasteiger partial charge < -0.3 is 16.0 Å². The van der Waals surface area contributed by atoms with Crippen molar-refractivity contribution >= 4 is 27.4 Å². The van der Waals surface area contributed by atoms with Gasteiger partial charge in [0.2, 0.25) is 0 Å². The quantitative estimate of drug-likeness (QED) is 0.600. The standard InChI is InChI=1S/C17H16N6S/c1-23-9-22-14(11-5-3-2-4-10(11)7-18)15(23)13-6-12-16(19)20-8-21-17(12)24-13/h2-6,8-9H,7,18H2,1H3,(H2,19,20,21). The average molecular weight is 336 g/mol. The number of anilines is 1. The van der Waals surface area contributed by atoms with E-state index in [2.05, 4.69) is 21.0 Å². The molecule has 120 valence electrons. The van der Waals surface area contributed by atoms with Crippen molar-refractivity contribution in [3.05, 3.63) is 48.5 Å². The van der Waals surface area contributed by atoms with E-state index in [1.54, 1.807) is 11.3 Å². The van der Waals surface area contributed by atoms with E-state index in [1.807, 2.05) is 42.2 Å². The summed E-state index contributed by atoms with van der Waals surface area (Å²) in [6.45, 7) is 0.469. The van der Waals surface area contributed by atoms with Gasteiger partial charge in [0.25, 0.3) is 0 Å². The molecule has 0 radical (unpaired) electrons. The molecule has 0 aliphatic rings. The van der Waals surface area contributed by atoms with Gasteiger partial charge in [-0.3, -0.25) is 0 Å². The van der Waals surface area contributed by atoms with Gasteiger partial charge in [-0.15, -0.1) is 11.3 Å². The van der Waals surface area contributed by atoms with Crippen LogP contribution >= 0.6 is 11.3 Å². The van der Waals surface area contributed by atoms with Crippen LogP contribution in [-0.4, -0.2) is 19.5 Å². The summed E-state index contributed by atoms with van der Waals surface area (Å²) < 4.78 is 2.01. The van der Waals surface area contributed by atoms with Gasteiger partial charge in [-0.1, -0.05) is 24.3 Å². The molecule has 0 unspecified atom stereocenters. The molecule has 4 aromatic rings. The first-order valence-corrected chi connectivity index (χ1v) is 8.30. The Morgan fingerprint density at radius 3 is 2.79 bits per heavy atom. The van der Waals surface area contributed by atoms with Gasteiger partial charge in [-0.05, 0) is 11.6 Å². The van der Waals surface area contributed by atoms with Crippen molar-refractivity contribution in [1.82, 2.24) is 19.5 Å². The molecule has 0 aliphatic carbocycles. The molecule has 0 bridgehead atoms. The molecule has 3 heterocycles. The van der Waals surface area contributed by atoms with E-state index >= 15 is 0 Å². The maximum Gasteiger partial charge on any atom is 0.135 e. The van der Waals surface area contributed by atoms with Crippen molar-refractivity contribution in [1.29, 1.82) is 0 Å². The van der Waals surface area contributed by atoms with Crippen molar-refractivity contribution in [2.45, 2.75) is 6.54 Å². The third-order valence-corrected chi connectivity index (χ3v) is 5.07. The second kappa shape index (κ2) is 5.70. The van der Waals surface area contributed by atoms with Gasteiger partial charge >= 0.3 is 0 Å². The summed E-state index contributed by atoms with van der Waals surface area (Å²) >= 11 is 1.58. The van der Waals surface area contributed by atoms with E-state index in [0.29, 0.717) is 12.4 Å². The molecule has 0 aliphatic heterocycles. The summed E-state index contributed by atoms with van der Waals surface area (Å²) in [6.07, 6.45) is 3.31. The lowest BCUT2D eigenvalue weighted by Gasteiger charge is -2.08. The van der Waals surface area contributed by atoms with E-state index < -0.39 is 0 Å². The number of nitrogens with zero attached hydrogens (tertiary/aromatic N) is 4. The highest BCUT2D eigenvalue weighted by molar-refractivity contribution is 7.21. The van der Waals surface area contributed by atoms with Crippen LogP contribution in [0, 0.1) is 0 Å². The van der Waals surface area contributed by atoms with E-state index in [1.165, 1.54) is 6.33 Å². The van der Waals surface area contributed by atoms with E-state index in [4.69, 9.17) is 11.5 Å². The van der Waals surface area contributed by atoms with E-state index in [9.17, 15) is 0 Å². The number of rotatable bonds is 3. The molecular weight excluding hydrogens is 320 g/mol. The van der Waals surface area contributed by atoms with Crippen molar-refractivity contribution in [3.63, 3.8) is 0 Å². The number of benzene rings is 1. The van der Waals surface area contributed by atoms with Gasteiger partial charge in [0.05, 0.1) is 28.0 Å². The molecule has 3 aromatic heterocycles. The van der Waals surface area contributed by atoms with Crippen LogP contribution in [0.2, 0.25) is 0 Å². The topological polar surface area (TPSA) is 95.6 Å². The molecule has 0 saturated heterocycles. The summed E-state index contributed by atoms with van der Waals surface area (Å²) in [5.74, 6) is 0.494. The number of nitrogens with two attached hydrogens (primary N) is 2. The van der Waals surface area contributed by atoms with Crippen LogP contribution in [0.15, 0.2) is 43.0 Å². The fourth-order valence-corrected chi connectivity index (χ4v) is 3.93. The smallest absolute Gasteiger partial charge is 0.135 e. The fraction of sp³-hybridized carbons (Fsp3) is 0.118. The zero-order valence-corrected chi connectivity index (χ0v) is 13.9. The molecule has 0 amide bonds. The van der Waals surface area contributed by atoms with Crippen LogP contribution in [-0.2, 0) is 13.6 Å². The second-order valence-electron chi connectivity index (χ2n) is 5.50. The van der Waals surface area contributed by atoms with Gasteiger partial charge in [-0.25, -0.2) is 15.0 Å². The molecule has 0 atom stereocenters. The molecule has 0 fully saturated rings. The first kappa shape index (κ1) is 14.8. The van der Waals surface area contributed by atoms with Gasteiger partial charge in [0.15, 0.2) is 0 Å². The molecule has 7 heteroatoms. The lowest BCUT2D eigenvalue weighted by Crippen LogP contribution is -1.99. The summed E-state index contributed by atoms with van der Waals surface area (Å²) in [7, 11) is 1.98. The molecular formula is C17H16N6S. The molecule has 1 aromatic carbocycles. The van der Waals surface area contributed by atoms with Crippen LogP contribution in [0.25, 0.3) is 32.0 Å². The van der Waals surface area contributed by atoms with E-state index in [0.717, 1.165) is 37.6 Å². The van der Waals surface area contributed by atoms with Crippen molar-refractivity contribution in [2.24, 2.45) is 12.8 Å². The van der Waals surface area contributed by atoms with Crippen molar-refractivity contribution in [2.75, 3.05) is 5.73 Å². The second-order valence-corrected chi connectivity index (χ2v) is 6.53. The summed E-state index contributed by atoms with van der Waals surface area (Å²) in [5, 5.41) is 0.872. The highest BCUT2D eigenvalue weighted by atomic mass is 32.1. The maximum absolute atomic E-state index is 5.97. The number of imidazole rings is 1. The SMILES string of the molecule is Cn1cnc(-c2ccccc2CN)c1-c1cc2c(N)ncnc2s1. The number of thiophene rings is 1. The Morgan fingerprint density at radius 1 is 1.17 bits per heavy atom. The monoisotopic (exact) mass is 336 g/mol. The van der Waals surface area contributed by atoms with Gasteiger partial charge in [-0.2, -0.15) is 0 Å². The largest absolute Gasteiger partial charge is 0.383 e. The van der Waals surface area contributed by atoms with Crippen molar-refractivity contribution in [3.8, 4) is 21.8 Å². The number of hydrogen-bond acceptors (Lipinski definition) is 6. The lowest BCUT2D eigenvalue weighted by molar-refractivity contribution is 0.923. The van der Waals surface area contributed by atoms with Gasteiger partial charge in [0.1, 0.15) is 17.0 Å². The normalized spacial score (nSPS) is 11.2. The minimum atomic E-state index is 0.469. The summed E-state index contributed by atoms with van der Waals surface area (Å²) in [5.41, 5.74) is 15.9. The minimum absolute atomic E-state index is 0.469. The van der Waals surface area contributed by atoms with Crippen LogP contribution in [0.1, 0.15) is 5.56 Å². The molecule has 4 N–H and O–H groups in total. The Balaban J connectivity index is 1.95. The lowest BCUT2D eigenvalue weighted by atomic mass is 10.0. The number of aromatic nitrogens is 4. The number of hydrogen-bond donors (Lipinski definition) is 2. The first-order valence-electron chi connectivity index (χ1n) is 7.49. The highest BCUT2D eigenvalue weighted by Crippen LogP contribution is 2.39. The first-order chi connectivity index (χ1) is 11.7. The van der Waals surface area contributed by atoms with Crippen LogP contribution < -0.4 is 11.5 Å². The number of fused-ring (bicyclic) bond motifs is 1. The number of aryl methyl sites for hydroxylation is 1. The highest BCUT2D eigenvalue weighted by Gasteiger charge is 2.18. The molecule has 0 saturated carbocycles. The molecule has 24 heavy (non-hydrogen) atoms. The third kappa shape index (κ3) is 2.26. The zero-order valence-electron chi connectivity index (χ0n) is 13.1. The Kier molecular flexibility index (Phi) is 3.51. The van der Waals surface area contributed by atoms with Crippen LogP contribution in [0.4, 0.5) is 5.82 Å². The predicted octanol–water partition coefficient (Wildman–Crippen LogP) is 2.80. The van der Waals surface area contributed by atoms with Gasteiger partial charge in [0, 0.05) is 19.2 Å². The Bertz CT molecular complexity index is 1030. The molecule has 6 nitrogen and oxygen atoms in total. The fourth-order valence-electron chi connectivity index (χ4n) is 2.84. The Labute approximate surface area is 142 Å². The summed E-state index contributed by atoms with van der Waals surface area (Å²) in [4.78, 5) is 14.9. The Morgan fingerprint density at radius 2 is 2.00 bits per heavy atom. The van der Waals surface area contributed by atoms with Crippen LogP contribution in [0.3, 0.4) is 0 Å². The van der Waals surface area contributed by atoms with E-state index in [-0.39, 0.29) is 0 Å². The third-order valence-electron chi connectivity index (χ3n) is 4.02. The zero-order chi connectivity index (χ0) is 16.7. The summed E-state index contributed by atoms with van der Waals surface area (Å²) in [6, 6.07) is 10.1. The predicted molar refractivity (Wildman–Crippen MR) is 97.4 cm³/mol. The maximum atomic E-state index is 5.97. The Hall–Kier alpha value is -2.77.